The molecule has 1 aromatic heterocycles. The van der Waals surface area contributed by atoms with E-state index in [1.165, 1.54) is 0 Å². The first-order chi connectivity index (χ1) is 14.5. The number of nitrogens with zero attached hydrogens (tertiary/aromatic N) is 5. The van der Waals surface area contributed by atoms with Crippen LogP contribution < -0.4 is 16.0 Å². The molecule has 0 amide bonds. The summed E-state index contributed by atoms with van der Waals surface area (Å²) >= 11 is 12.3. The Hall–Kier alpha value is -2.61. The maximum absolute atomic E-state index is 6.20. The summed E-state index contributed by atoms with van der Waals surface area (Å²) in [7, 11) is 0. The van der Waals surface area contributed by atoms with E-state index in [2.05, 4.69) is 36.1 Å². The Balaban J connectivity index is 1.41. The summed E-state index contributed by atoms with van der Waals surface area (Å²) < 4.78 is 0. The van der Waals surface area contributed by atoms with Crippen LogP contribution in [0.4, 0.5) is 23.3 Å². The maximum Gasteiger partial charge on any atom is 0.232 e. The molecule has 0 saturated carbocycles. The Morgan fingerprint density at radius 3 is 2.53 bits per heavy atom. The third kappa shape index (κ3) is 4.92. The van der Waals surface area contributed by atoms with Crippen molar-refractivity contribution in [3.05, 3.63) is 63.9 Å². The molecule has 1 saturated heterocycles. The van der Waals surface area contributed by atoms with Crippen molar-refractivity contribution in [1.82, 2.24) is 19.9 Å². The fraction of sp³-hybridized carbons (Fsp3) is 0.286. The lowest BCUT2D eigenvalue weighted by atomic mass is 10.2. The van der Waals surface area contributed by atoms with Crippen molar-refractivity contribution in [2.24, 2.45) is 0 Å². The van der Waals surface area contributed by atoms with Crippen LogP contribution in [-0.4, -0.2) is 46.0 Å². The van der Waals surface area contributed by atoms with Gasteiger partial charge in [-0.3, -0.25) is 4.90 Å². The largest absolute Gasteiger partial charge is 0.369 e. The normalized spacial score (nSPS) is 14.7. The van der Waals surface area contributed by atoms with Crippen LogP contribution >= 0.6 is 23.2 Å². The molecule has 3 N–H and O–H groups in total. The molecule has 4 rings (SSSR count). The average molecular weight is 444 g/mol. The Bertz CT molecular complexity index is 1040. The molecule has 156 valence electrons. The molecule has 9 heteroatoms. The van der Waals surface area contributed by atoms with Crippen molar-refractivity contribution >= 4 is 46.5 Å². The van der Waals surface area contributed by atoms with Gasteiger partial charge in [-0.1, -0.05) is 35.3 Å². The lowest BCUT2D eigenvalue weighted by molar-refractivity contribution is 0.244. The third-order valence-corrected chi connectivity index (χ3v) is 5.77. The minimum absolute atomic E-state index is 0.194. The predicted molar refractivity (Wildman–Crippen MR) is 123 cm³/mol. The Morgan fingerprint density at radius 1 is 1.00 bits per heavy atom. The van der Waals surface area contributed by atoms with Gasteiger partial charge in [0.1, 0.15) is 5.82 Å². The van der Waals surface area contributed by atoms with Crippen LogP contribution in [0.1, 0.15) is 11.4 Å². The first-order valence-corrected chi connectivity index (χ1v) is 10.5. The Kier molecular flexibility index (Phi) is 6.22. The van der Waals surface area contributed by atoms with Crippen molar-refractivity contribution in [1.29, 1.82) is 0 Å². The number of halogens is 2. The highest BCUT2D eigenvalue weighted by molar-refractivity contribution is 6.31. The van der Waals surface area contributed by atoms with Crippen molar-refractivity contribution in [2.75, 3.05) is 42.1 Å². The molecule has 0 atom stereocenters. The minimum Gasteiger partial charge on any atom is -0.369 e. The van der Waals surface area contributed by atoms with Gasteiger partial charge in [-0.15, -0.1) is 0 Å². The monoisotopic (exact) mass is 443 g/mol. The second-order valence-corrected chi connectivity index (χ2v) is 8.06. The highest BCUT2D eigenvalue weighted by Crippen LogP contribution is 2.25. The second kappa shape index (κ2) is 9.04. The summed E-state index contributed by atoms with van der Waals surface area (Å²) in [5.41, 5.74) is 8.85. The summed E-state index contributed by atoms with van der Waals surface area (Å²) in [5, 5.41) is 4.63. The molecule has 3 aromatic rings. The molecule has 2 heterocycles. The number of hydrogen-bond donors (Lipinski definition) is 2. The first kappa shape index (κ1) is 20.7. The molecule has 0 unspecified atom stereocenters. The van der Waals surface area contributed by atoms with Crippen LogP contribution in [0.3, 0.4) is 0 Å². The van der Waals surface area contributed by atoms with Crippen molar-refractivity contribution in [3.63, 3.8) is 0 Å². The summed E-state index contributed by atoms with van der Waals surface area (Å²) in [6.07, 6.45) is 0. The zero-order valence-corrected chi connectivity index (χ0v) is 18.2. The van der Waals surface area contributed by atoms with Crippen LogP contribution in [0.2, 0.25) is 10.0 Å². The van der Waals surface area contributed by atoms with E-state index in [4.69, 9.17) is 28.9 Å². The molecule has 7 nitrogen and oxygen atoms in total. The highest BCUT2D eigenvalue weighted by atomic mass is 35.5. The number of piperazine rings is 1. The summed E-state index contributed by atoms with van der Waals surface area (Å²) in [6, 6.07) is 13.6. The van der Waals surface area contributed by atoms with Gasteiger partial charge in [0.25, 0.3) is 0 Å². The quantitative estimate of drug-likeness (QED) is 0.612. The van der Waals surface area contributed by atoms with Crippen molar-refractivity contribution < 1.29 is 0 Å². The van der Waals surface area contributed by atoms with Gasteiger partial charge in [-0.2, -0.15) is 15.0 Å². The van der Waals surface area contributed by atoms with E-state index < -0.39 is 0 Å². The molecule has 30 heavy (non-hydrogen) atoms. The van der Waals surface area contributed by atoms with E-state index in [0.717, 1.165) is 48.1 Å². The molecule has 0 spiro atoms. The van der Waals surface area contributed by atoms with E-state index in [1.807, 2.05) is 43.3 Å². The Labute approximate surface area is 185 Å². The highest BCUT2D eigenvalue weighted by Gasteiger charge is 2.19. The number of hydrogen-bond acceptors (Lipinski definition) is 7. The number of benzene rings is 2. The van der Waals surface area contributed by atoms with Crippen molar-refractivity contribution in [3.8, 4) is 0 Å². The van der Waals surface area contributed by atoms with Crippen molar-refractivity contribution in [2.45, 2.75) is 13.5 Å². The van der Waals surface area contributed by atoms with Gasteiger partial charge in [-0.05, 0) is 42.8 Å². The van der Waals surface area contributed by atoms with Gasteiger partial charge in [0.2, 0.25) is 11.9 Å². The van der Waals surface area contributed by atoms with Gasteiger partial charge in [0.05, 0.1) is 6.54 Å². The lowest BCUT2D eigenvalue weighted by Crippen LogP contribution is -2.46. The van der Waals surface area contributed by atoms with Gasteiger partial charge in [-0.25, -0.2) is 0 Å². The molecule has 2 aromatic carbocycles. The van der Waals surface area contributed by atoms with Gasteiger partial charge in [0, 0.05) is 47.6 Å². The van der Waals surface area contributed by atoms with E-state index in [9.17, 15) is 0 Å². The van der Waals surface area contributed by atoms with Crippen LogP contribution in [0.5, 0.6) is 0 Å². The van der Waals surface area contributed by atoms with Crippen LogP contribution in [0.25, 0.3) is 0 Å². The van der Waals surface area contributed by atoms with E-state index in [0.29, 0.717) is 23.3 Å². The third-order valence-electron chi connectivity index (χ3n) is 5.12. The molecule has 1 aliphatic heterocycles. The second-order valence-electron chi connectivity index (χ2n) is 7.21. The van der Waals surface area contributed by atoms with Gasteiger partial charge >= 0.3 is 0 Å². The summed E-state index contributed by atoms with van der Waals surface area (Å²) in [4.78, 5) is 17.7. The summed E-state index contributed by atoms with van der Waals surface area (Å²) in [6.45, 7) is 6.17. The molecule has 0 aliphatic carbocycles. The number of aromatic nitrogens is 3. The van der Waals surface area contributed by atoms with Crippen LogP contribution in [0.15, 0.2) is 42.5 Å². The average Bonchev–Trinajstić information content (AvgIpc) is 2.72. The number of nitrogen functional groups attached to an aromatic ring is 1. The van der Waals surface area contributed by atoms with Gasteiger partial charge < -0.3 is 16.0 Å². The van der Waals surface area contributed by atoms with Crippen LogP contribution in [-0.2, 0) is 6.54 Å². The zero-order chi connectivity index (χ0) is 21.1. The molecular weight excluding hydrogens is 421 g/mol. The fourth-order valence-electron chi connectivity index (χ4n) is 3.46. The SMILES string of the molecule is Cc1c(Cl)cccc1Nc1nc(N)nc(CN2CCN(c3cccc(Cl)c3)CC2)n1. The minimum atomic E-state index is 0.194. The number of nitrogens with one attached hydrogen (secondary N) is 1. The number of anilines is 4. The lowest BCUT2D eigenvalue weighted by Gasteiger charge is -2.35. The fourth-order valence-corrected chi connectivity index (χ4v) is 3.82. The summed E-state index contributed by atoms with van der Waals surface area (Å²) in [5.74, 6) is 1.25. The topological polar surface area (TPSA) is 83.2 Å². The molecule has 1 aliphatic rings. The molecule has 0 bridgehead atoms. The Morgan fingerprint density at radius 2 is 1.77 bits per heavy atom. The first-order valence-electron chi connectivity index (χ1n) is 9.73. The van der Waals surface area contributed by atoms with E-state index in [1.54, 1.807) is 0 Å². The number of rotatable bonds is 5. The predicted octanol–water partition coefficient (Wildman–Crippen LogP) is 4.13. The molecular formula is C21H23Cl2N7. The van der Waals surface area contributed by atoms with Crippen LogP contribution in [0, 0.1) is 6.92 Å². The number of nitrogens with two attached hydrogens (primary N) is 1. The standard InChI is InChI=1S/C21H23Cl2N7/c1-14-17(23)6-3-7-18(14)25-21-27-19(26-20(24)28-21)13-29-8-10-30(11-9-29)16-5-2-4-15(22)12-16/h2-7,12H,8-11,13H2,1H3,(H3,24,25,26,27,28). The van der Waals surface area contributed by atoms with Gasteiger partial charge in [0.15, 0.2) is 0 Å². The maximum atomic E-state index is 6.20. The smallest absolute Gasteiger partial charge is 0.232 e. The molecule has 1 fully saturated rings. The van der Waals surface area contributed by atoms with E-state index in [-0.39, 0.29) is 5.95 Å². The molecule has 0 radical (unpaired) electrons. The van der Waals surface area contributed by atoms with E-state index >= 15 is 0 Å². The zero-order valence-electron chi connectivity index (χ0n) is 16.6.